The second kappa shape index (κ2) is 9.36. The van der Waals surface area contributed by atoms with Gasteiger partial charge in [0.05, 0.1) is 27.2 Å². The fourth-order valence-electron chi connectivity index (χ4n) is 3.58. The van der Waals surface area contributed by atoms with Crippen LogP contribution in [0.1, 0.15) is 22.3 Å². The van der Waals surface area contributed by atoms with Gasteiger partial charge in [0.15, 0.2) is 5.13 Å². The molecule has 0 radical (unpaired) electrons. The summed E-state index contributed by atoms with van der Waals surface area (Å²) in [5.41, 5.74) is 4.86. The summed E-state index contributed by atoms with van der Waals surface area (Å²) in [7, 11) is 3.24. The number of methoxy groups -OCH3 is 2. The number of pyridine rings is 1. The number of amides is 1. The number of hydrogen-bond donors (Lipinski definition) is 0. The summed E-state index contributed by atoms with van der Waals surface area (Å²) >= 11 is 1.42. The van der Waals surface area contributed by atoms with Crippen molar-refractivity contribution in [3.63, 3.8) is 0 Å². The first-order valence-electron chi connectivity index (χ1n) is 10.3. The molecule has 0 spiro atoms. The predicted octanol–water partition coefficient (Wildman–Crippen LogP) is 5.10. The Morgan fingerprint density at radius 2 is 1.84 bits per heavy atom. The average molecular weight is 448 g/mol. The normalized spacial score (nSPS) is 10.9. The minimum Gasteiger partial charge on any atom is -0.495 e. The Kier molecular flexibility index (Phi) is 6.37. The van der Waals surface area contributed by atoms with Gasteiger partial charge in [-0.1, -0.05) is 41.2 Å². The predicted molar refractivity (Wildman–Crippen MR) is 128 cm³/mol. The van der Waals surface area contributed by atoms with Gasteiger partial charge in [-0.15, -0.1) is 0 Å². The summed E-state index contributed by atoms with van der Waals surface area (Å²) in [4.78, 5) is 24.3. The molecule has 2 aromatic carbocycles. The second-order valence-corrected chi connectivity index (χ2v) is 8.57. The topological polar surface area (TPSA) is 64.6 Å². The molecular weight excluding hydrogens is 422 g/mol. The van der Waals surface area contributed by atoms with Crippen LogP contribution in [0.25, 0.3) is 10.2 Å². The number of thiazole rings is 1. The third-order valence-corrected chi connectivity index (χ3v) is 6.43. The van der Waals surface area contributed by atoms with E-state index in [1.54, 1.807) is 31.5 Å². The number of rotatable bonds is 7. The third-order valence-electron chi connectivity index (χ3n) is 5.34. The van der Waals surface area contributed by atoms with Gasteiger partial charge in [0.25, 0.3) is 0 Å². The number of anilines is 1. The van der Waals surface area contributed by atoms with Crippen molar-refractivity contribution in [2.24, 2.45) is 0 Å². The summed E-state index contributed by atoms with van der Waals surface area (Å²) in [5.74, 6) is 1.32. The molecule has 0 fully saturated rings. The highest BCUT2D eigenvalue weighted by atomic mass is 32.1. The standard InChI is InChI=1S/C25H25N3O3S/c1-16-7-8-17(2)19(12-16)13-22(29)28(15-18-6-5-11-26-14-18)25-27-23-20(30-3)9-10-21(31-4)24(23)32-25/h5-12,14H,13,15H2,1-4H3. The zero-order valence-electron chi connectivity index (χ0n) is 18.6. The Labute approximate surface area is 191 Å². The van der Waals surface area contributed by atoms with Gasteiger partial charge in [-0.25, -0.2) is 4.98 Å². The van der Waals surface area contributed by atoms with Crippen molar-refractivity contribution < 1.29 is 14.3 Å². The SMILES string of the molecule is COc1ccc(OC)c2sc(N(Cc3cccnc3)C(=O)Cc3cc(C)ccc3C)nc12. The summed E-state index contributed by atoms with van der Waals surface area (Å²) in [6, 6.07) is 13.7. The number of ether oxygens (including phenoxy) is 2. The second-order valence-electron chi connectivity index (χ2n) is 7.59. The fourth-order valence-corrected chi connectivity index (χ4v) is 4.67. The van der Waals surface area contributed by atoms with Gasteiger partial charge < -0.3 is 9.47 Å². The molecule has 0 atom stereocenters. The Balaban J connectivity index is 1.77. The highest BCUT2D eigenvalue weighted by Crippen LogP contribution is 2.40. The number of aryl methyl sites for hydroxylation is 2. The number of carbonyl (C=O) groups excluding carboxylic acids is 1. The molecule has 164 valence electrons. The minimum atomic E-state index is -0.0282. The van der Waals surface area contributed by atoms with Crippen molar-refractivity contribution in [1.29, 1.82) is 0 Å². The van der Waals surface area contributed by atoms with Crippen LogP contribution in [0.5, 0.6) is 11.5 Å². The van der Waals surface area contributed by atoms with E-state index >= 15 is 0 Å². The molecule has 0 bridgehead atoms. The van der Waals surface area contributed by atoms with E-state index in [2.05, 4.69) is 23.2 Å². The van der Waals surface area contributed by atoms with Crippen molar-refractivity contribution >= 4 is 32.6 Å². The molecule has 0 saturated heterocycles. The molecule has 4 aromatic rings. The average Bonchev–Trinajstić information content (AvgIpc) is 3.25. The van der Waals surface area contributed by atoms with Crippen LogP contribution in [0.3, 0.4) is 0 Å². The highest BCUT2D eigenvalue weighted by molar-refractivity contribution is 7.22. The number of nitrogens with zero attached hydrogens (tertiary/aromatic N) is 3. The summed E-state index contributed by atoms with van der Waals surface area (Å²) in [6.45, 7) is 4.44. The van der Waals surface area contributed by atoms with Gasteiger partial charge >= 0.3 is 0 Å². The highest BCUT2D eigenvalue weighted by Gasteiger charge is 2.23. The van der Waals surface area contributed by atoms with E-state index in [1.807, 2.05) is 38.1 Å². The lowest BCUT2D eigenvalue weighted by atomic mass is 10.0. The molecule has 0 N–H and O–H groups in total. The van der Waals surface area contributed by atoms with Gasteiger partial charge in [-0.05, 0) is 48.7 Å². The number of benzene rings is 2. The number of carbonyl (C=O) groups is 1. The van der Waals surface area contributed by atoms with Crippen molar-refractivity contribution in [2.45, 2.75) is 26.8 Å². The molecule has 0 aliphatic heterocycles. The Bertz CT molecular complexity index is 1210. The molecule has 6 nitrogen and oxygen atoms in total. The zero-order valence-corrected chi connectivity index (χ0v) is 19.4. The molecule has 0 saturated carbocycles. The monoisotopic (exact) mass is 447 g/mol. The lowest BCUT2D eigenvalue weighted by molar-refractivity contribution is -0.118. The van der Waals surface area contributed by atoms with E-state index < -0.39 is 0 Å². The van der Waals surface area contributed by atoms with Crippen LogP contribution in [0.15, 0.2) is 54.9 Å². The van der Waals surface area contributed by atoms with E-state index in [1.165, 1.54) is 11.3 Å². The van der Waals surface area contributed by atoms with Crippen molar-refractivity contribution in [3.8, 4) is 11.5 Å². The van der Waals surface area contributed by atoms with E-state index in [0.29, 0.717) is 28.7 Å². The van der Waals surface area contributed by atoms with Gasteiger partial charge in [-0.3, -0.25) is 14.7 Å². The molecule has 1 amide bonds. The first-order valence-corrected chi connectivity index (χ1v) is 11.1. The van der Waals surface area contributed by atoms with Crippen LogP contribution in [0.2, 0.25) is 0 Å². The molecule has 0 aliphatic carbocycles. The van der Waals surface area contributed by atoms with Crippen molar-refractivity contribution in [3.05, 3.63) is 77.1 Å². The molecule has 4 rings (SSSR count). The summed E-state index contributed by atoms with van der Waals surface area (Å²) in [6.07, 6.45) is 3.78. The molecular formula is C25H25N3O3S. The summed E-state index contributed by atoms with van der Waals surface area (Å²) in [5, 5.41) is 0.599. The maximum Gasteiger partial charge on any atom is 0.233 e. The maximum absolute atomic E-state index is 13.6. The van der Waals surface area contributed by atoms with Crippen LogP contribution in [0, 0.1) is 13.8 Å². The van der Waals surface area contributed by atoms with E-state index in [0.717, 1.165) is 27.0 Å². The number of aromatic nitrogens is 2. The lowest BCUT2D eigenvalue weighted by Crippen LogP contribution is -2.32. The van der Waals surface area contributed by atoms with Crippen LogP contribution in [-0.2, 0) is 17.8 Å². The minimum absolute atomic E-state index is 0.0282. The van der Waals surface area contributed by atoms with Crippen LogP contribution >= 0.6 is 11.3 Å². The van der Waals surface area contributed by atoms with Crippen LogP contribution in [-0.4, -0.2) is 30.1 Å². The van der Waals surface area contributed by atoms with Crippen LogP contribution < -0.4 is 14.4 Å². The lowest BCUT2D eigenvalue weighted by Gasteiger charge is -2.20. The smallest absolute Gasteiger partial charge is 0.233 e. The summed E-state index contributed by atoms with van der Waals surface area (Å²) < 4.78 is 11.9. The first kappa shape index (κ1) is 21.8. The molecule has 32 heavy (non-hydrogen) atoms. The van der Waals surface area contributed by atoms with Crippen molar-refractivity contribution in [1.82, 2.24) is 9.97 Å². The Morgan fingerprint density at radius 1 is 1.06 bits per heavy atom. The van der Waals surface area contributed by atoms with E-state index in [4.69, 9.17) is 14.5 Å². The quantitative estimate of drug-likeness (QED) is 0.394. The fraction of sp³-hybridized carbons (Fsp3) is 0.240. The van der Waals surface area contributed by atoms with E-state index in [-0.39, 0.29) is 12.3 Å². The van der Waals surface area contributed by atoms with Crippen molar-refractivity contribution in [2.75, 3.05) is 19.1 Å². The van der Waals surface area contributed by atoms with Gasteiger partial charge in [0.1, 0.15) is 21.7 Å². The molecule has 7 heteroatoms. The van der Waals surface area contributed by atoms with Gasteiger partial charge in [-0.2, -0.15) is 0 Å². The zero-order chi connectivity index (χ0) is 22.7. The maximum atomic E-state index is 13.6. The Morgan fingerprint density at radius 3 is 2.56 bits per heavy atom. The molecule has 0 aliphatic rings. The largest absolute Gasteiger partial charge is 0.495 e. The van der Waals surface area contributed by atoms with Crippen LogP contribution in [0.4, 0.5) is 5.13 Å². The number of fused-ring (bicyclic) bond motifs is 1. The van der Waals surface area contributed by atoms with Gasteiger partial charge in [0, 0.05) is 12.4 Å². The van der Waals surface area contributed by atoms with E-state index in [9.17, 15) is 4.79 Å². The molecule has 2 aromatic heterocycles. The third kappa shape index (κ3) is 4.43. The Hall–Kier alpha value is -3.45. The number of hydrogen-bond acceptors (Lipinski definition) is 6. The first-order chi connectivity index (χ1) is 15.5. The molecule has 2 heterocycles. The van der Waals surface area contributed by atoms with Gasteiger partial charge in [0.2, 0.25) is 5.91 Å². The molecule has 0 unspecified atom stereocenters.